The maximum absolute atomic E-state index is 12.1. The summed E-state index contributed by atoms with van der Waals surface area (Å²) in [5, 5.41) is 4.63. The van der Waals surface area contributed by atoms with E-state index in [0.717, 1.165) is 0 Å². The Morgan fingerprint density at radius 1 is 1.12 bits per heavy atom. The van der Waals surface area contributed by atoms with Gasteiger partial charge in [-0.3, -0.25) is 19.1 Å². The molecule has 2 aromatic carbocycles. The van der Waals surface area contributed by atoms with Gasteiger partial charge in [-0.25, -0.2) is 0 Å². The molecule has 0 radical (unpaired) electrons. The molecule has 0 spiro atoms. The molecule has 0 fully saturated rings. The van der Waals surface area contributed by atoms with Gasteiger partial charge in [0, 0.05) is 10.9 Å². The highest BCUT2D eigenvalue weighted by Crippen LogP contribution is 2.15. The first kappa shape index (κ1) is 16.6. The van der Waals surface area contributed by atoms with Gasteiger partial charge in [-0.05, 0) is 31.2 Å². The quantitative estimate of drug-likeness (QED) is 0.406. The lowest BCUT2D eigenvalue weighted by Crippen LogP contribution is -2.16. The smallest absolute Gasteiger partial charge is 0.313 e. The summed E-state index contributed by atoms with van der Waals surface area (Å²) in [6, 6.07) is 13.6. The summed E-state index contributed by atoms with van der Waals surface area (Å²) in [6.07, 6.45) is 1.33. The number of benzene rings is 2. The molecule has 6 heteroatoms. The molecule has 6 nitrogen and oxygen atoms in total. The Morgan fingerprint density at radius 3 is 2.72 bits per heavy atom. The predicted molar refractivity (Wildman–Crippen MR) is 92.7 cm³/mol. The maximum atomic E-state index is 12.1. The molecule has 0 aliphatic rings. The molecule has 126 valence electrons. The van der Waals surface area contributed by atoms with E-state index < -0.39 is 5.97 Å². The Labute approximate surface area is 143 Å². The molecule has 0 aliphatic carbocycles. The van der Waals surface area contributed by atoms with Gasteiger partial charge < -0.3 is 4.74 Å². The molecule has 0 N–H and O–H groups in total. The molecule has 3 aromatic rings. The molecule has 25 heavy (non-hydrogen) atoms. The van der Waals surface area contributed by atoms with Crippen LogP contribution in [0.2, 0.25) is 0 Å². The second kappa shape index (κ2) is 7.09. The summed E-state index contributed by atoms with van der Waals surface area (Å²) in [5.74, 6) is -0.206. The number of aromatic nitrogens is 2. The van der Waals surface area contributed by atoms with E-state index in [-0.39, 0.29) is 24.2 Å². The largest absolute Gasteiger partial charge is 0.426 e. The minimum absolute atomic E-state index is 0.0875. The number of carbonyl (C=O) groups is 2. The van der Waals surface area contributed by atoms with Gasteiger partial charge in [0.05, 0.1) is 24.7 Å². The van der Waals surface area contributed by atoms with Crippen molar-refractivity contribution in [2.45, 2.75) is 19.9 Å². The lowest BCUT2D eigenvalue weighted by molar-refractivity contribution is -0.134. The van der Waals surface area contributed by atoms with Crippen LogP contribution in [-0.4, -0.2) is 21.5 Å². The molecule has 1 heterocycles. The Balaban J connectivity index is 1.71. The van der Waals surface area contributed by atoms with Crippen LogP contribution in [0.4, 0.5) is 0 Å². The predicted octanol–water partition coefficient (Wildman–Crippen LogP) is 2.59. The maximum Gasteiger partial charge on any atom is 0.313 e. The monoisotopic (exact) mass is 336 g/mol. The highest BCUT2D eigenvalue weighted by molar-refractivity contribution is 5.94. The first-order valence-electron chi connectivity index (χ1n) is 7.81. The standard InChI is InChI=1S/C19H16N2O4/c1-13(22)14-5-4-6-15(11-14)25-19(24)9-10-21-17-8-3-2-7-16(17)18(23)12-20-21/h2-8,11-12H,9-10H2,1H3. The zero-order valence-electron chi connectivity index (χ0n) is 13.6. The topological polar surface area (TPSA) is 78.3 Å². The van der Waals surface area contributed by atoms with Gasteiger partial charge in [-0.1, -0.05) is 24.3 Å². The van der Waals surface area contributed by atoms with Gasteiger partial charge in [0.25, 0.3) is 0 Å². The van der Waals surface area contributed by atoms with Gasteiger partial charge in [0.15, 0.2) is 5.78 Å². The first-order valence-corrected chi connectivity index (χ1v) is 7.81. The Bertz CT molecular complexity index is 1010. The molecule has 1 aromatic heterocycles. The van der Waals surface area contributed by atoms with Crippen molar-refractivity contribution in [1.82, 2.24) is 9.78 Å². The average Bonchev–Trinajstić information content (AvgIpc) is 2.61. The third-order valence-electron chi connectivity index (χ3n) is 3.76. The van der Waals surface area contributed by atoms with Crippen molar-refractivity contribution in [3.8, 4) is 5.75 Å². The van der Waals surface area contributed by atoms with Crippen molar-refractivity contribution < 1.29 is 14.3 Å². The Morgan fingerprint density at radius 2 is 1.92 bits per heavy atom. The number of ether oxygens (including phenoxy) is 1. The van der Waals surface area contributed by atoms with Crippen LogP contribution in [0.3, 0.4) is 0 Å². The summed E-state index contributed by atoms with van der Waals surface area (Å²) in [5.41, 5.74) is 0.996. The van der Waals surface area contributed by atoms with Crippen LogP contribution in [0.15, 0.2) is 59.5 Å². The normalized spacial score (nSPS) is 10.6. The van der Waals surface area contributed by atoms with E-state index >= 15 is 0 Å². The van der Waals surface area contributed by atoms with Crippen LogP contribution in [0.25, 0.3) is 10.9 Å². The van der Waals surface area contributed by atoms with E-state index in [1.165, 1.54) is 19.2 Å². The van der Waals surface area contributed by atoms with Crippen LogP contribution in [-0.2, 0) is 11.3 Å². The fraction of sp³-hybridized carbons (Fsp3) is 0.158. The van der Waals surface area contributed by atoms with Crippen molar-refractivity contribution in [1.29, 1.82) is 0 Å². The average molecular weight is 336 g/mol. The number of hydrogen-bond donors (Lipinski definition) is 0. The summed E-state index contributed by atoms with van der Waals surface area (Å²) in [4.78, 5) is 35.2. The molecule has 0 bridgehead atoms. The minimum Gasteiger partial charge on any atom is -0.426 e. The molecular formula is C19H16N2O4. The highest BCUT2D eigenvalue weighted by Gasteiger charge is 2.09. The molecule has 0 saturated heterocycles. The number of para-hydroxylation sites is 1. The van der Waals surface area contributed by atoms with E-state index in [4.69, 9.17) is 4.74 Å². The van der Waals surface area contributed by atoms with E-state index in [9.17, 15) is 14.4 Å². The number of Topliss-reactive ketones (excluding diaryl/α,β-unsaturated/α-hetero) is 1. The summed E-state index contributed by atoms with van der Waals surface area (Å²) in [7, 11) is 0. The second-order valence-corrected chi connectivity index (χ2v) is 5.56. The first-order chi connectivity index (χ1) is 12.0. The fourth-order valence-electron chi connectivity index (χ4n) is 2.50. The number of ketones is 1. The second-order valence-electron chi connectivity index (χ2n) is 5.56. The van der Waals surface area contributed by atoms with Gasteiger partial charge in [0.1, 0.15) is 5.75 Å². The number of nitrogens with zero attached hydrogens (tertiary/aromatic N) is 2. The van der Waals surface area contributed by atoms with Crippen LogP contribution in [0.5, 0.6) is 5.75 Å². The minimum atomic E-state index is -0.440. The molecule has 0 amide bonds. The zero-order valence-corrected chi connectivity index (χ0v) is 13.6. The van der Waals surface area contributed by atoms with Crippen molar-refractivity contribution in [2.24, 2.45) is 0 Å². The van der Waals surface area contributed by atoms with Gasteiger partial charge >= 0.3 is 5.97 Å². The van der Waals surface area contributed by atoms with Crippen molar-refractivity contribution in [2.75, 3.05) is 0 Å². The van der Waals surface area contributed by atoms with Gasteiger partial charge in [0.2, 0.25) is 5.43 Å². The van der Waals surface area contributed by atoms with E-state index in [1.54, 1.807) is 41.1 Å². The highest BCUT2D eigenvalue weighted by atomic mass is 16.5. The SMILES string of the molecule is CC(=O)c1cccc(OC(=O)CCn2ncc(=O)c3ccccc32)c1. The third kappa shape index (κ3) is 3.80. The molecule has 0 aliphatic heterocycles. The Hall–Kier alpha value is -3.28. The fourth-order valence-corrected chi connectivity index (χ4v) is 2.50. The Kier molecular flexibility index (Phi) is 4.70. The van der Waals surface area contributed by atoms with E-state index in [0.29, 0.717) is 22.2 Å². The number of hydrogen-bond acceptors (Lipinski definition) is 5. The van der Waals surface area contributed by atoms with Crippen molar-refractivity contribution >= 4 is 22.7 Å². The van der Waals surface area contributed by atoms with Crippen LogP contribution in [0, 0.1) is 0 Å². The van der Waals surface area contributed by atoms with Gasteiger partial charge in [-0.2, -0.15) is 5.10 Å². The van der Waals surface area contributed by atoms with Gasteiger partial charge in [-0.15, -0.1) is 0 Å². The van der Waals surface area contributed by atoms with E-state index in [2.05, 4.69) is 5.10 Å². The number of carbonyl (C=O) groups excluding carboxylic acids is 2. The molecular weight excluding hydrogens is 320 g/mol. The van der Waals surface area contributed by atoms with Crippen molar-refractivity contribution in [3.05, 3.63) is 70.5 Å². The third-order valence-corrected chi connectivity index (χ3v) is 3.76. The van der Waals surface area contributed by atoms with Crippen LogP contribution in [0.1, 0.15) is 23.7 Å². The number of esters is 1. The zero-order chi connectivity index (χ0) is 17.8. The van der Waals surface area contributed by atoms with E-state index in [1.807, 2.05) is 6.07 Å². The molecule has 0 atom stereocenters. The lowest BCUT2D eigenvalue weighted by atomic mass is 10.1. The molecule has 0 saturated carbocycles. The molecule has 3 rings (SSSR count). The van der Waals surface area contributed by atoms with Crippen LogP contribution < -0.4 is 10.2 Å². The lowest BCUT2D eigenvalue weighted by Gasteiger charge is -2.09. The summed E-state index contributed by atoms with van der Waals surface area (Å²) in [6.45, 7) is 1.74. The number of rotatable bonds is 5. The number of aryl methyl sites for hydroxylation is 1. The van der Waals surface area contributed by atoms with Crippen molar-refractivity contribution in [3.63, 3.8) is 0 Å². The summed E-state index contributed by atoms with van der Waals surface area (Å²) < 4.78 is 6.87. The molecule has 0 unspecified atom stereocenters. The number of fused-ring (bicyclic) bond motifs is 1. The summed E-state index contributed by atoms with van der Waals surface area (Å²) >= 11 is 0. The van der Waals surface area contributed by atoms with Crippen LogP contribution >= 0.6 is 0 Å².